The maximum atomic E-state index is 11.7. The molecule has 0 saturated carbocycles. The Bertz CT molecular complexity index is 981. The fourth-order valence-corrected chi connectivity index (χ4v) is 4.31. The minimum Gasteiger partial charge on any atom is -0.346 e. The van der Waals surface area contributed by atoms with Crippen LogP contribution in [0.25, 0.3) is 22.2 Å². The molecule has 3 aromatic rings. The van der Waals surface area contributed by atoms with Crippen LogP contribution in [0.3, 0.4) is 0 Å². The SMILES string of the molecule is N#CCCn1cc(-c2csc(CCN3CCCC3=O)n2)c2ccccc21. The summed E-state index contributed by atoms with van der Waals surface area (Å²) in [6, 6.07) is 10.5. The zero-order chi connectivity index (χ0) is 17.9. The molecule has 0 spiro atoms. The number of benzene rings is 1. The van der Waals surface area contributed by atoms with Crippen molar-refractivity contribution in [2.45, 2.75) is 32.2 Å². The Morgan fingerprint density at radius 2 is 2.15 bits per heavy atom. The first-order valence-corrected chi connectivity index (χ1v) is 9.81. The first-order chi connectivity index (χ1) is 12.8. The number of aryl methyl sites for hydroxylation is 1. The van der Waals surface area contributed by atoms with Crippen molar-refractivity contribution in [1.82, 2.24) is 14.5 Å². The van der Waals surface area contributed by atoms with Crippen LogP contribution >= 0.6 is 11.3 Å². The van der Waals surface area contributed by atoms with Crippen molar-refractivity contribution in [2.75, 3.05) is 13.1 Å². The molecule has 3 heterocycles. The van der Waals surface area contributed by atoms with Gasteiger partial charge in [-0.2, -0.15) is 5.26 Å². The number of fused-ring (bicyclic) bond motifs is 1. The largest absolute Gasteiger partial charge is 0.346 e. The van der Waals surface area contributed by atoms with Crippen molar-refractivity contribution in [3.05, 3.63) is 40.8 Å². The summed E-state index contributed by atoms with van der Waals surface area (Å²) in [5, 5.41) is 13.2. The average Bonchev–Trinajstić information content (AvgIpc) is 3.37. The average molecular weight is 364 g/mol. The maximum absolute atomic E-state index is 11.7. The molecule has 2 aromatic heterocycles. The number of para-hydroxylation sites is 1. The van der Waals surface area contributed by atoms with E-state index in [1.165, 1.54) is 0 Å². The molecule has 6 heteroatoms. The van der Waals surface area contributed by atoms with E-state index in [1.54, 1.807) is 11.3 Å². The van der Waals surface area contributed by atoms with Gasteiger partial charge in [-0.25, -0.2) is 4.98 Å². The molecule has 1 aliphatic rings. The third-order valence-electron chi connectivity index (χ3n) is 4.85. The van der Waals surface area contributed by atoms with Crippen LogP contribution < -0.4 is 0 Å². The standard InChI is InChI=1S/C20H20N4OS/c21-9-4-11-24-13-16(15-5-1-2-6-18(15)24)17-14-26-19(22-17)8-12-23-10-3-7-20(23)25/h1-2,5-6,13-14H,3-4,7-8,10-12H2. The monoisotopic (exact) mass is 364 g/mol. The zero-order valence-electron chi connectivity index (χ0n) is 14.5. The summed E-state index contributed by atoms with van der Waals surface area (Å²) in [5.41, 5.74) is 3.22. The number of likely N-dealkylation sites (tertiary alicyclic amines) is 1. The summed E-state index contributed by atoms with van der Waals surface area (Å²) in [6.07, 6.45) is 5.06. The van der Waals surface area contributed by atoms with Crippen LogP contribution in [0.5, 0.6) is 0 Å². The molecule has 0 atom stereocenters. The van der Waals surface area contributed by atoms with Crippen LogP contribution in [-0.4, -0.2) is 33.4 Å². The predicted octanol–water partition coefficient (Wildman–Crippen LogP) is 3.84. The van der Waals surface area contributed by atoms with E-state index in [1.807, 2.05) is 17.0 Å². The number of rotatable bonds is 6. The van der Waals surface area contributed by atoms with Gasteiger partial charge in [-0.3, -0.25) is 4.79 Å². The molecule has 1 fully saturated rings. The fraction of sp³-hybridized carbons (Fsp3) is 0.350. The van der Waals surface area contributed by atoms with E-state index in [-0.39, 0.29) is 5.91 Å². The quantitative estimate of drug-likeness (QED) is 0.667. The van der Waals surface area contributed by atoms with Crippen molar-refractivity contribution >= 4 is 28.1 Å². The maximum Gasteiger partial charge on any atom is 0.222 e. The van der Waals surface area contributed by atoms with E-state index < -0.39 is 0 Å². The number of carbonyl (C=O) groups is 1. The number of thiazole rings is 1. The van der Waals surface area contributed by atoms with Crippen molar-refractivity contribution in [2.24, 2.45) is 0 Å². The van der Waals surface area contributed by atoms with Crippen LogP contribution in [0.2, 0.25) is 0 Å². The highest BCUT2D eigenvalue weighted by molar-refractivity contribution is 7.10. The highest BCUT2D eigenvalue weighted by atomic mass is 32.1. The van der Waals surface area contributed by atoms with Crippen LogP contribution in [0.4, 0.5) is 0 Å². The van der Waals surface area contributed by atoms with Crippen molar-refractivity contribution in [3.8, 4) is 17.3 Å². The fourth-order valence-electron chi connectivity index (χ4n) is 3.53. The molecule has 0 radical (unpaired) electrons. The summed E-state index contributed by atoms with van der Waals surface area (Å²) >= 11 is 1.65. The van der Waals surface area contributed by atoms with Gasteiger partial charge in [0.1, 0.15) is 0 Å². The third kappa shape index (κ3) is 3.23. The van der Waals surface area contributed by atoms with Crippen LogP contribution in [-0.2, 0) is 17.8 Å². The van der Waals surface area contributed by atoms with Crippen LogP contribution in [0.15, 0.2) is 35.8 Å². The molecule has 0 unspecified atom stereocenters. The number of carbonyl (C=O) groups excluding carboxylic acids is 1. The van der Waals surface area contributed by atoms with Gasteiger partial charge in [-0.15, -0.1) is 11.3 Å². The second-order valence-electron chi connectivity index (χ2n) is 6.52. The molecule has 5 nitrogen and oxygen atoms in total. The van der Waals surface area contributed by atoms with E-state index in [9.17, 15) is 4.79 Å². The topological polar surface area (TPSA) is 61.9 Å². The molecule has 4 rings (SSSR count). The van der Waals surface area contributed by atoms with E-state index in [0.29, 0.717) is 19.4 Å². The molecule has 0 N–H and O–H groups in total. The smallest absolute Gasteiger partial charge is 0.222 e. The molecule has 132 valence electrons. The van der Waals surface area contributed by atoms with Gasteiger partial charge in [0.25, 0.3) is 0 Å². The van der Waals surface area contributed by atoms with Gasteiger partial charge >= 0.3 is 0 Å². The molecule has 1 aliphatic heterocycles. The van der Waals surface area contributed by atoms with Crippen LogP contribution in [0, 0.1) is 11.3 Å². The molecule has 0 bridgehead atoms. The van der Waals surface area contributed by atoms with Gasteiger partial charge in [0.05, 0.1) is 23.2 Å². The minimum absolute atomic E-state index is 0.266. The van der Waals surface area contributed by atoms with Gasteiger partial charge in [0, 0.05) is 60.5 Å². The summed E-state index contributed by atoms with van der Waals surface area (Å²) in [5.74, 6) is 0.266. The third-order valence-corrected chi connectivity index (χ3v) is 5.76. The molecular formula is C20H20N4OS. The summed E-state index contributed by atoms with van der Waals surface area (Å²) in [4.78, 5) is 18.5. The summed E-state index contributed by atoms with van der Waals surface area (Å²) in [6.45, 7) is 2.32. The molecule has 0 aliphatic carbocycles. The van der Waals surface area contributed by atoms with Gasteiger partial charge in [0.2, 0.25) is 5.91 Å². The van der Waals surface area contributed by atoms with Gasteiger partial charge in [-0.1, -0.05) is 18.2 Å². The number of hydrogen-bond donors (Lipinski definition) is 0. The molecule has 1 saturated heterocycles. The van der Waals surface area contributed by atoms with Gasteiger partial charge in [0.15, 0.2) is 0 Å². The Kier molecular flexibility index (Phi) is 4.72. The molecular weight excluding hydrogens is 344 g/mol. The highest BCUT2D eigenvalue weighted by Crippen LogP contribution is 2.31. The lowest BCUT2D eigenvalue weighted by molar-refractivity contribution is -0.127. The zero-order valence-corrected chi connectivity index (χ0v) is 15.3. The summed E-state index contributed by atoms with van der Waals surface area (Å²) < 4.78 is 2.13. The number of amides is 1. The highest BCUT2D eigenvalue weighted by Gasteiger charge is 2.20. The second kappa shape index (κ2) is 7.30. The van der Waals surface area contributed by atoms with Crippen LogP contribution in [0.1, 0.15) is 24.3 Å². The molecule has 26 heavy (non-hydrogen) atoms. The second-order valence-corrected chi connectivity index (χ2v) is 7.46. The minimum atomic E-state index is 0.266. The Morgan fingerprint density at radius 3 is 2.96 bits per heavy atom. The Hall–Kier alpha value is -2.65. The van der Waals surface area contributed by atoms with Gasteiger partial charge < -0.3 is 9.47 Å². The van der Waals surface area contributed by atoms with E-state index >= 15 is 0 Å². The van der Waals surface area contributed by atoms with E-state index in [0.717, 1.165) is 53.1 Å². The Morgan fingerprint density at radius 1 is 1.27 bits per heavy atom. The lowest BCUT2D eigenvalue weighted by Gasteiger charge is -2.13. The van der Waals surface area contributed by atoms with Crippen molar-refractivity contribution in [1.29, 1.82) is 5.26 Å². The number of aromatic nitrogens is 2. The van der Waals surface area contributed by atoms with Crippen molar-refractivity contribution < 1.29 is 4.79 Å². The van der Waals surface area contributed by atoms with Crippen molar-refractivity contribution in [3.63, 3.8) is 0 Å². The predicted molar refractivity (Wildman–Crippen MR) is 103 cm³/mol. The van der Waals surface area contributed by atoms with Gasteiger partial charge in [-0.05, 0) is 12.5 Å². The summed E-state index contributed by atoms with van der Waals surface area (Å²) in [7, 11) is 0. The van der Waals surface area contributed by atoms with E-state index in [4.69, 9.17) is 10.2 Å². The lowest BCUT2D eigenvalue weighted by atomic mass is 10.1. The number of hydrogen-bond acceptors (Lipinski definition) is 4. The molecule has 1 aromatic carbocycles. The first kappa shape index (κ1) is 16.8. The number of nitriles is 1. The Balaban J connectivity index is 1.57. The molecule has 1 amide bonds. The Labute approximate surface area is 156 Å². The number of nitrogens with zero attached hydrogens (tertiary/aromatic N) is 4. The lowest BCUT2D eigenvalue weighted by Crippen LogP contribution is -2.26. The van der Waals surface area contributed by atoms with E-state index in [2.05, 4.69) is 34.3 Å². The first-order valence-electron chi connectivity index (χ1n) is 8.93. The normalized spacial score (nSPS) is 14.3.